The molecule has 0 amide bonds. The van der Waals surface area contributed by atoms with Crippen molar-refractivity contribution in [3.05, 3.63) is 35.4 Å². The Hall–Kier alpha value is -1.07. The highest BCUT2D eigenvalue weighted by atomic mass is 19.4. The first-order valence-corrected chi connectivity index (χ1v) is 6.94. The van der Waals surface area contributed by atoms with E-state index in [2.05, 4.69) is 0 Å². The number of halogens is 3. The van der Waals surface area contributed by atoms with E-state index in [1.807, 2.05) is 0 Å². The van der Waals surface area contributed by atoms with Gasteiger partial charge in [-0.1, -0.05) is 31.4 Å². The zero-order valence-corrected chi connectivity index (χ0v) is 11.3. The van der Waals surface area contributed by atoms with Crippen molar-refractivity contribution in [3.8, 4) is 0 Å². The van der Waals surface area contributed by atoms with Gasteiger partial charge in [-0.2, -0.15) is 13.2 Å². The molecule has 20 heavy (non-hydrogen) atoms. The van der Waals surface area contributed by atoms with Crippen molar-refractivity contribution < 1.29 is 18.3 Å². The fourth-order valence-corrected chi connectivity index (χ4v) is 3.08. The van der Waals surface area contributed by atoms with Crippen LogP contribution < -0.4 is 5.73 Å². The molecule has 0 radical (unpaired) electrons. The molecule has 0 spiro atoms. The number of aliphatic hydroxyl groups excluding tert-OH is 1. The van der Waals surface area contributed by atoms with Crippen molar-refractivity contribution in [3.63, 3.8) is 0 Å². The third-order valence-electron chi connectivity index (χ3n) is 4.42. The molecule has 1 aliphatic carbocycles. The van der Waals surface area contributed by atoms with Crippen LogP contribution in [0, 0.1) is 0 Å². The highest BCUT2D eigenvalue weighted by Gasteiger charge is 2.39. The Morgan fingerprint density at radius 1 is 1.15 bits per heavy atom. The number of nitrogens with two attached hydrogens (primary N) is 1. The number of benzene rings is 1. The van der Waals surface area contributed by atoms with E-state index in [9.17, 15) is 18.3 Å². The fraction of sp³-hybridized carbons (Fsp3) is 0.600. The number of hydrogen-bond acceptors (Lipinski definition) is 2. The molecule has 2 nitrogen and oxygen atoms in total. The van der Waals surface area contributed by atoms with Crippen LogP contribution in [0.25, 0.3) is 0 Å². The van der Waals surface area contributed by atoms with Gasteiger partial charge in [0.2, 0.25) is 0 Å². The standard InChI is InChI=1S/C15H20F3NO/c16-15(17,18)12-7-5-11(6-8-12)14(10-20)9-3-1-2-4-13(14)19/h5-8,13,20H,1-4,9-10,19H2. The maximum atomic E-state index is 12.6. The average Bonchev–Trinajstić information content (AvgIpc) is 2.60. The van der Waals surface area contributed by atoms with Crippen LogP contribution in [-0.2, 0) is 11.6 Å². The first kappa shape index (κ1) is 15.3. The first-order chi connectivity index (χ1) is 9.40. The van der Waals surface area contributed by atoms with E-state index in [1.165, 1.54) is 12.1 Å². The minimum Gasteiger partial charge on any atom is -0.395 e. The lowest BCUT2D eigenvalue weighted by Gasteiger charge is -2.37. The third-order valence-corrected chi connectivity index (χ3v) is 4.42. The molecular weight excluding hydrogens is 267 g/mol. The van der Waals surface area contributed by atoms with Crippen LogP contribution in [0.15, 0.2) is 24.3 Å². The predicted octanol–water partition coefficient (Wildman–Crippen LogP) is 3.23. The maximum absolute atomic E-state index is 12.6. The topological polar surface area (TPSA) is 46.2 Å². The van der Waals surface area contributed by atoms with E-state index >= 15 is 0 Å². The summed E-state index contributed by atoms with van der Waals surface area (Å²) in [5, 5.41) is 9.82. The minimum absolute atomic E-state index is 0.125. The molecule has 2 unspecified atom stereocenters. The summed E-state index contributed by atoms with van der Waals surface area (Å²) in [6.45, 7) is -0.125. The molecule has 3 N–H and O–H groups in total. The zero-order chi connectivity index (χ0) is 14.8. The van der Waals surface area contributed by atoms with E-state index < -0.39 is 17.2 Å². The molecule has 0 aromatic heterocycles. The SMILES string of the molecule is NC1CCCCCC1(CO)c1ccc(C(F)(F)F)cc1. The molecule has 1 fully saturated rings. The van der Waals surface area contributed by atoms with E-state index in [0.717, 1.165) is 44.2 Å². The number of alkyl halides is 3. The van der Waals surface area contributed by atoms with Gasteiger partial charge in [0.1, 0.15) is 0 Å². The van der Waals surface area contributed by atoms with Crippen LogP contribution >= 0.6 is 0 Å². The third kappa shape index (κ3) is 2.83. The van der Waals surface area contributed by atoms with Gasteiger partial charge in [-0.15, -0.1) is 0 Å². The summed E-state index contributed by atoms with van der Waals surface area (Å²) in [6.07, 6.45) is 0.170. The molecule has 0 saturated heterocycles. The summed E-state index contributed by atoms with van der Waals surface area (Å²) in [7, 11) is 0. The molecule has 1 aliphatic rings. The van der Waals surface area contributed by atoms with Gasteiger partial charge in [-0.05, 0) is 30.5 Å². The fourth-order valence-electron chi connectivity index (χ4n) is 3.08. The second kappa shape index (κ2) is 5.74. The van der Waals surface area contributed by atoms with Gasteiger partial charge in [0, 0.05) is 11.5 Å². The molecule has 1 aromatic rings. The lowest BCUT2D eigenvalue weighted by Crippen LogP contribution is -2.47. The van der Waals surface area contributed by atoms with Crippen molar-refractivity contribution in [1.29, 1.82) is 0 Å². The summed E-state index contributed by atoms with van der Waals surface area (Å²) in [4.78, 5) is 0. The van der Waals surface area contributed by atoms with Gasteiger partial charge in [0.05, 0.1) is 12.2 Å². The lowest BCUT2D eigenvalue weighted by molar-refractivity contribution is -0.137. The van der Waals surface area contributed by atoms with Gasteiger partial charge < -0.3 is 10.8 Å². The minimum atomic E-state index is -4.34. The second-order valence-corrected chi connectivity index (χ2v) is 5.60. The summed E-state index contributed by atoms with van der Waals surface area (Å²) < 4.78 is 37.8. The Kier molecular flexibility index (Phi) is 4.39. The van der Waals surface area contributed by atoms with Crippen LogP contribution in [0.4, 0.5) is 13.2 Å². The molecule has 2 atom stereocenters. The zero-order valence-electron chi connectivity index (χ0n) is 11.3. The Bertz CT molecular complexity index is 443. The average molecular weight is 287 g/mol. The normalized spacial score (nSPS) is 28.1. The van der Waals surface area contributed by atoms with Crippen LogP contribution in [0.2, 0.25) is 0 Å². The largest absolute Gasteiger partial charge is 0.416 e. The predicted molar refractivity (Wildman–Crippen MR) is 71.3 cm³/mol. The highest BCUT2D eigenvalue weighted by molar-refractivity contribution is 5.32. The van der Waals surface area contributed by atoms with Gasteiger partial charge in [0.25, 0.3) is 0 Å². The van der Waals surface area contributed by atoms with Crippen LogP contribution in [0.1, 0.15) is 43.2 Å². The van der Waals surface area contributed by atoms with Crippen molar-refractivity contribution in [2.24, 2.45) is 5.73 Å². The van der Waals surface area contributed by atoms with Gasteiger partial charge >= 0.3 is 6.18 Å². The first-order valence-electron chi connectivity index (χ1n) is 6.94. The number of rotatable bonds is 2. The molecule has 0 heterocycles. The Morgan fingerprint density at radius 2 is 1.80 bits per heavy atom. The van der Waals surface area contributed by atoms with E-state index in [1.54, 1.807) is 0 Å². The van der Waals surface area contributed by atoms with Crippen molar-refractivity contribution in [2.75, 3.05) is 6.61 Å². The smallest absolute Gasteiger partial charge is 0.395 e. The Labute approximate surface area is 116 Å². The van der Waals surface area contributed by atoms with E-state index in [4.69, 9.17) is 5.73 Å². The van der Waals surface area contributed by atoms with Crippen LogP contribution in [0.5, 0.6) is 0 Å². The summed E-state index contributed by atoms with van der Waals surface area (Å²) in [5.41, 5.74) is 5.63. The van der Waals surface area contributed by atoms with Crippen molar-refractivity contribution in [1.82, 2.24) is 0 Å². The molecule has 2 rings (SSSR count). The number of hydrogen-bond donors (Lipinski definition) is 2. The summed E-state index contributed by atoms with van der Waals surface area (Å²) in [6, 6.07) is 4.86. The lowest BCUT2D eigenvalue weighted by atomic mass is 9.72. The van der Waals surface area contributed by atoms with Crippen molar-refractivity contribution >= 4 is 0 Å². The highest BCUT2D eigenvalue weighted by Crippen LogP contribution is 2.38. The molecule has 0 bridgehead atoms. The monoisotopic (exact) mass is 287 g/mol. The van der Waals surface area contributed by atoms with E-state index in [-0.39, 0.29) is 12.6 Å². The van der Waals surface area contributed by atoms with Crippen molar-refractivity contribution in [2.45, 2.75) is 49.7 Å². The van der Waals surface area contributed by atoms with Gasteiger partial charge in [-0.3, -0.25) is 0 Å². The molecule has 1 aromatic carbocycles. The summed E-state index contributed by atoms with van der Waals surface area (Å²) >= 11 is 0. The van der Waals surface area contributed by atoms with Crippen LogP contribution in [0.3, 0.4) is 0 Å². The van der Waals surface area contributed by atoms with Crippen LogP contribution in [-0.4, -0.2) is 17.8 Å². The molecule has 5 heteroatoms. The molecule has 112 valence electrons. The van der Waals surface area contributed by atoms with E-state index in [0.29, 0.717) is 5.56 Å². The quantitative estimate of drug-likeness (QED) is 0.820. The Morgan fingerprint density at radius 3 is 2.35 bits per heavy atom. The van der Waals surface area contributed by atoms with Gasteiger partial charge in [0.15, 0.2) is 0 Å². The molecule has 0 aliphatic heterocycles. The molecule has 1 saturated carbocycles. The number of aliphatic hydroxyl groups is 1. The second-order valence-electron chi connectivity index (χ2n) is 5.60. The molecular formula is C15H20F3NO. The summed E-state index contributed by atoms with van der Waals surface area (Å²) in [5.74, 6) is 0. The van der Waals surface area contributed by atoms with Gasteiger partial charge in [-0.25, -0.2) is 0 Å². The maximum Gasteiger partial charge on any atom is 0.416 e. The Balaban J connectivity index is 2.35.